The topological polar surface area (TPSA) is 57.4 Å². The zero-order valence-corrected chi connectivity index (χ0v) is 11.4. The second-order valence-corrected chi connectivity index (χ2v) is 4.44. The Bertz CT molecular complexity index is 1200. The van der Waals surface area contributed by atoms with Gasteiger partial charge in [0.1, 0.15) is 6.61 Å². The number of amides is 1. The van der Waals surface area contributed by atoms with Gasteiger partial charge in [-0.15, -0.1) is 0 Å². The summed E-state index contributed by atoms with van der Waals surface area (Å²) in [5.74, 6) is 0. The summed E-state index contributed by atoms with van der Waals surface area (Å²) >= 11 is 0. The fourth-order valence-electron chi connectivity index (χ4n) is 1.67. The highest BCUT2D eigenvalue weighted by molar-refractivity contribution is 5.84. The van der Waals surface area contributed by atoms with E-state index in [-0.39, 0.29) is 10.3 Å². The number of alkyl carbamates (subject to hydrolysis) is 1. The Morgan fingerprint density at radius 2 is 2.48 bits per heavy atom. The first-order valence-corrected chi connectivity index (χ1v) is 6.06. The minimum absolute atomic E-state index is 0.101. The molecule has 1 amide bonds. The Labute approximate surface area is 142 Å². The second-order valence-electron chi connectivity index (χ2n) is 4.44. The fourth-order valence-corrected chi connectivity index (χ4v) is 1.67. The maximum absolute atomic E-state index is 11.7. The van der Waals surface area contributed by atoms with Gasteiger partial charge in [-0.3, -0.25) is 0 Å². The number of H-pyrrole nitrogens is 1. The van der Waals surface area contributed by atoms with Gasteiger partial charge >= 0.3 is 6.09 Å². The molecule has 1 aromatic heterocycles. The van der Waals surface area contributed by atoms with Crippen LogP contribution in [0.4, 0.5) is 4.79 Å². The number of carbonyl (C=O) groups is 1. The number of fused-ring (bicyclic) bond motifs is 1. The highest BCUT2D eigenvalue weighted by atomic mass is 16.6. The van der Waals surface area contributed by atoms with E-state index in [1.54, 1.807) is 0 Å². The number of aryl methyl sites for hydroxylation is 1. The van der Waals surface area contributed by atoms with Crippen LogP contribution >= 0.6 is 0 Å². The summed E-state index contributed by atoms with van der Waals surface area (Å²) in [7, 11) is 2.46. The lowest BCUT2D eigenvalue weighted by atomic mass is 10.0. The van der Waals surface area contributed by atoms with Crippen LogP contribution in [0, 0.1) is 0 Å². The summed E-state index contributed by atoms with van der Waals surface area (Å²) in [4.78, 5) is 12.8. The summed E-state index contributed by atoms with van der Waals surface area (Å²) in [6.07, 6.45) is -8.48. The summed E-state index contributed by atoms with van der Waals surface area (Å²) in [5.41, 5.74) is -2.36. The number of hydrogen-bond acceptors (Lipinski definition) is 3. The quantitative estimate of drug-likeness (QED) is 0.887. The third-order valence-corrected chi connectivity index (χ3v) is 2.55. The first kappa shape index (κ1) is 5.32. The van der Waals surface area contributed by atoms with Crippen LogP contribution in [0.3, 0.4) is 0 Å². The number of carbonyl (C=O) groups excluding carboxylic acids is 1. The number of likely N-dealkylation sites (N-methyl/N-ethyl adjacent to an activating group) is 1. The summed E-state index contributed by atoms with van der Waals surface area (Å²) < 4.78 is 113. The van der Waals surface area contributed by atoms with Gasteiger partial charge in [0.2, 0.25) is 0 Å². The molecule has 2 N–H and O–H groups in total. The third-order valence-electron chi connectivity index (χ3n) is 2.55. The predicted molar refractivity (Wildman–Crippen MR) is 82.5 cm³/mol. The van der Waals surface area contributed by atoms with Gasteiger partial charge in [0.25, 0.3) is 0 Å². The smallest absolute Gasteiger partial charge is 0.407 e. The average Bonchev–Trinajstić information content (AvgIpc) is 3.15. The second kappa shape index (κ2) is 5.77. The van der Waals surface area contributed by atoms with Gasteiger partial charge in [-0.05, 0) is 50.1 Å². The molecule has 0 aliphatic carbocycles. The molecule has 1 aliphatic heterocycles. The number of ether oxygens (including phenoxy) is 1. The van der Waals surface area contributed by atoms with E-state index in [0.717, 1.165) is 4.90 Å². The van der Waals surface area contributed by atoms with E-state index in [1.165, 1.54) is 14.1 Å². The molecule has 5 nitrogen and oxygen atoms in total. The average molecular weight is 300 g/mol. The van der Waals surface area contributed by atoms with Crippen LogP contribution in [0.2, 0.25) is 2.82 Å². The van der Waals surface area contributed by atoms with Gasteiger partial charge < -0.3 is 19.9 Å². The molecular weight excluding hydrogens is 266 g/mol. The molecule has 0 bridgehead atoms. The van der Waals surface area contributed by atoms with Crippen molar-refractivity contribution >= 4 is 17.0 Å². The van der Waals surface area contributed by atoms with Crippen molar-refractivity contribution in [2.45, 2.75) is 18.8 Å². The molecule has 21 heavy (non-hydrogen) atoms. The Morgan fingerprint density at radius 1 is 1.62 bits per heavy atom. The molecule has 3 rings (SSSR count). The molecule has 1 atom stereocenters. The summed E-state index contributed by atoms with van der Waals surface area (Å²) in [6, 6.07) is -5.57. The van der Waals surface area contributed by atoms with Gasteiger partial charge in [-0.1, -0.05) is 6.04 Å². The minimum atomic E-state index is -3.17. The highest BCUT2D eigenvalue weighted by Gasteiger charge is 2.22. The predicted octanol–water partition coefficient (Wildman–Crippen LogP) is 1.92. The Morgan fingerprint density at radius 3 is 3.19 bits per heavy atom. The van der Waals surface area contributed by atoms with Crippen molar-refractivity contribution in [1.82, 2.24) is 15.2 Å². The highest BCUT2D eigenvalue weighted by Crippen LogP contribution is 2.21. The zero-order valence-electron chi connectivity index (χ0n) is 24.4. The SMILES string of the molecule is [2H]c1c(C([2H])([2H])[C@@]2([2H])COC(=O)N2[2H])c([2H])c2c(C([2H])([2H])C([2H])([2H])N(C)C)c([2H])n([2H])c2c1[2H]. The molecule has 1 aromatic carbocycles. The largest absolute Gasteiger partial charge is 0.447 e. The number of benzene rings is 1. The van der Waals surface area contributed by atoms with E-state index < -0.39 is 84.3 Å². The Balaban J connectivity index is 2.49. The van der Waals surface area contributed by atoms with Crippen molar-refractivity contribution in [2.75, 3.05) is 27.2 Å². The molecule has 0 saturated carbocycles. The van der Waals surface area contributed by atoms with Gasteiger partial charge in [-0.2, -0.15) is 0 Å². The molecule has 0 unspecified atom stereocenters. The number of hydrogen-bond donors (Lipinski definition) is 2. The van der Waals surface area contributed by atoms with E-state index in [0.29, 0.717) is 0 Å². The summed E-state index contributed by atoms with van der Waals surface area (Å²) in [5, 5.41) is -0.753. The van der Waals surface area contributed by atoms with Crippen LogP contribution in [-0.4, -0.2) is 49.2 Å². The molecule has 112 valence electrons. The molecule has 0 spiro atoms. The van der Waals surface area contributed by atoms with Gasteiger partial charge in [0.05, 0.1) is 12.9 Å². The lowest BCUT2D eigenvalue weighted by molar-refractivity contribution is 0.177. The van der Waals surface area contributed by atoms with Crippen LogP contribution in [0.15, 0.2) is 24.3 Å². The lowest BCUT2D eigenvalue weighted by Crippen LogP contribution is -2.28. The van der Waals surface area contributed by atoms with E-state index >= 15 is 0 Å². The number of aromatic amines is 1. The van der Waals surface area contributed by atoms with Crippen molar-refractivity contribution in [3.05, 3.63) is 35.4 Å². The molecule has 1 saturated heterocycles. The minimum Gasteiger partial charge on any atom is -0.447 e. The number of nitrogens with zero attached hydrogens (tertiary/aromatic N) is 1. The van der Waals surface area contributed by atoms with E-state index in [2.05, 4.69) is 4.74 Å². The van der Waals surface area contributed by atoms with Crippen molar-refractivity contribution in [1.29, 1.82) is 0 Å². The van der Waals surface area contributed by atoms with E-state index in [9.17, 15) is 4.79 Å². The first-order chi connectivity index (χ1) is 15.3. The summed E-state index contributed by atoms with van der Waals surface area (Å²) in [6.45, 7) is -3.72. The first-order valence-electron chi connectivity index (χ1n) is 12.5. The fraction of sp³-hybridized carbons (Fsp3) is 0.438. The van der Waals surface area contributed by atoms with Crippen LogP contribution in [-0.2, 0) is 17.5 Å². The number of rotatable bonds is 5. The normalized spacial score (nSPS) is 33.2. The molecule has 1 fully saturated rings. The molecule has 2 heterocycles. The zero-order chi connectivity index (χ0) is 26.3. The molecular formula is C16H21N3O2. The Kier molecular flexibility index (Phi) is 1.46. The van der Waals surface area contributed by atoms with Crippen molar-refractivity contribution < 1.29 is 27.4 Å². The molecule has 0 radical (unpaired) electrons. The third kappa shape index (κ3) is 3.19. The van der Waals surface area contributed by atoms with Crippen molar-refractivity contribution in [3.63, 3.8) is 0 Å². The van der Waals surface area contributed by atoms with Crippen LogP contribution < -0.4 is 5.31 Å². The number of aromatic nitrogens is 1. The lowest BCUT2D eigenvalue weighted by Gasteiger charge is -2.09. The maximum atomic E-state index is 11.7. The molecule has 5 heteroatoms. The molecule has 1 aliphatic rings. The number of cyclic esters (lactones) is 1. The maximum Gasteiger partial charge on any atom is 0.407 e. The van der Waals surface area contributed by atoms with Crippen molar-refractivity contribution in [3.8, 4) is 0 Å². The molecule has 2 aromatic rings. The van der Waals surface area contributed by atoms with Crippen LogP contribution in [0.1, 0.15) is 26.2 Å². The van der Waals surface area contributed by atoms with Crippen LogP contribution in [0.5, 0.6) is 0 Å². The van der Waals surface area contributed by atoms with E-state index in [4.69, 9.17) is 17.9 Å². The Hall–Kier alpha value is -2.01. The van der Waals surface area contributed by atoms with Crippen LogP contribution in [0.25, 0.3) is 10.9 Å². The van der Waals surface area contributed by atoms with Gasteiger partial charge in [0.15, 0.2) is 2.82 Å². The standard InChI is InChI=1S/C16H21N3O2/c1-19(2)6-5-12-9-17-15-4-3-11(8-14(12)15)7-13-10-21-16(20)18-13/h3-4,8-9,13,17H,5-7,10H2,1-2H3,(H,18,20)/t13-/m0/s1/i3D,4D,5D2,6D2,7D2,8D,9D,13D/hD2. The van der Waals surface area contributed by atoms with E-state index in [1.807, 2.05) is 0 Å². The van der Waals surface area contributed by atoms with Crippen molar-refractivity contribution in [2.24, 2.45) is 0 Å². The number of nitrogens with one attached hydrogen (secondary N) is 2. The van der Waals surface area contributed by atoms with Gasteiger partial charge in [-0.25, -0.2) is 4.79 Å². The monoisotopic (exact) mass is 300 g/mol. The van der Waals surface area contributed by atoms with Gasteiger partial charge in [0, 0.05) is 31.8 Å².